The lowest BCUT2D eigenvalue weighted by molar-refractivity contribution is -0.169. The molecule has 38 heavy (non-hydrogen) atoms. The molecule has 0 aromatic heterocycles. The Morgan fingerprint density at radius 3 is 2.89 bits per heavy atom. The Hall–Kier alpha value is -2.92. The number of hydrogen-bond acceptors (Lipinski definition) is 9. The van der Waals surface area contributed by atoms with E-state index in [1.54, 1.807) is 17.5 Å². The first-order valence-corrected chi connectivity index (χ1v) is 13.1. The minimum absolute atomic E-state index is 0.00635. The monoisotopic (exact) mass is 546 g/mol. The van der Waals surface area contributed by atoms with Gasteiger partial charge in [-0.25, -0.2) is 14.4 Å². The summed E-state index contributed by atoms with van der Waals surface area (Å²) in [5.41, 5.74) is 1.79. The van der Waals surface area contributed by atoms with Crippen molar-refractivity contribution in [2.45, 2.75) is 44.6 Å². The topological polar surface area (TPSA) is 84.9 Å². The zero-order valence-corrected chi connectivity index (χ0v) is 22.2. The highest BCUT2D eigenvalue weighted by Crippen LogP contribution is 2.36. The SMILES string of the molecule is CC1(C)CN(CCCON2C=NC(Nc3ccc(F)c(Cl)c3)c3cc(OC4CCOC4)ccc32)CC(=O)O1. The molecule has 2 saturated heterocycles. The fraction of sp³-hybridized carbons (Fsp3) is 0.481. The van der Waals surface area contributed by atoms with E-state index >= 15 is 0 Å². The lowest BCUT2D eigenvalue weighted by Crippen LogP contribution is -2.51. The summed E-state index contributed by atoms with van der Waals surface area (Å²) in [4.78, 5) is 24.7. The third-order valence-corrected chi connectivity index (χ3v) is 6.75. The number of nitrogens with zero attached hydrogens (tertiary/aromatic N) is 3. The number of fused-ring (bicyclic) bond motifs is 1. The number of benzene rings is 2. The van der Waals surface area contributed by atoms with Crippen molar-refractivity contribution in [3.63, 3.8) is 0 Å². The summed E-state index contributed by atoms with van der Waals surface area (Å²) >= 11 is 5.98. The number of nitrogens with one attached hydrogen (secondary N) is 1. The first kappa shape index (κ1) is 26.7. The van der Waals surface area contributed by atoms with Gasteiger partial charge in [0.05, 0.1) is 37.1 Å². The number of cyclic esters (lactones) is 1. The number of rotatable bonds is 9. The average Bonchev–Trinajstić information content (AvgIpc) is 3.37. The fourth-order valence-electron chi connectivity index (χ4n) is 4.81. The van der Waals surface area contributed by atoms with E-state index in [9.17, 15) is 9.18 Å². The molecule has 2 fully saturated rings. The smallest absolute Gasteiger partial charge is 0.320 e. The number of carbonyl (C=O) groups excluding carboxylic acids is 1. The van der Waals surface area contributed by atoms with Crippen LogP contribution in [0.25, 0.3) is 0 Å². The summed E-state index contributed by atoms with van der Waals surface area (Å²) in [7, 11) is 0. The molecule has 3 aliphatic rings. The van der Waals surface area contributed by atoms with Crippen LogP contribution in [0.2, 0.25) is 5.02 Å². The molecule has 1 N–H and O–H groups in total. The number of ether oxygens (including phenoxy) is 3. The second-order valence-electron chi connectivity index (χ2n) is 10.2. The van der Waals surface area contributed by atoms with Gasteiger partial charge in [0.15, 0.2) is 0 Å². The predicted octanol–water partition coefficient (Wildman–Crippen LogP) is 4.56. The van der Waals surface area contributed by atoms with Crippen LogP contribution >= 0.6 is 11.6 Å². The second kappa shape index (κ2) is 11.4. The predicted molar refractivity (Wildman–Crippen MR) is 142 cm³/mol. The summed E-state index contributed by atoms with van der Waals surface area (Å²) < 4.78 is 30.6. The van der Waals surface area contributed by atoms with Crippen LogP contribution in [0, 0.1) is 5.82 Å². The molecule has 9 nitrogen and oxygen atoms in total. The quantitative estimate of drug-likeness (QED) is 0.362. The molecule has 2 aromatic carbocycles. The van der Waals surface area contributed by atoms with Gasteiger partial charge in [-0.05, 0) is 56.7 Å². The number of aliphatic imine (C=N–C) groups is 1. The summed E-state index contributed by atoms with van der Waals surface area (Å²) in [6.07, 6.45) is 2.73. The highest BCUT2D eigenvalue weighted by atomic mass is 35.5. The van der Waals surface area contributed by atoms with Crippen molar-refractivity contribution in [1.82, 2.24) is 4.90 Å². The molecule has 2 aromatic rings. The van der Waals surface area contributed by atoms with Gasteiger partial charge in [-0.3, -0.25) is 14.5 Å². The minimum atomic E-state index is -0.490. The first-order chi connectivity index (χ1) is 18.3. The van der Waals surface area contributed by atoms with Gasteiger partial charge in [-0.1, -0.05) is 11.6 Å². The summed E-state index contributed by atoms with van der Waals surface area (Å²) in [6, 6.07) is 10.2. The largest absolute Gasteiger partial charge is 0.488 e. The summed E-state index contributed by atoms with van der Waals surface area (Å²) in [5, 5.41) is 4.98. The maximum Gasteiger partial charge on any atom is 0.320 e. The van der Waals surface area contributed by atoms with E-state index < -0.39 is 17.6 Å². The van der Waals surface area contributed by atoms with Gasteiger partial charge in [-0.2, -0.15) is 0 Å². The number of carbonyl (C=O) groups is 1. The zero-order chi connectivity index (χ0) is 26.7. The van der Waals surface area contributed by atoms with Crippen molar-refractivity contribution >= 4 is 35.3 Å². The molecule has 0 radical (unpaired) electrons. The summed E-state index contributed by atoms with van der Waals surface area (Å²) in [6.45, 7) is 7.19. The maximum absolute atomic E-state index is 13.7. The van der Waals surface area contributed by atoms with Crippen molar-refractivity contribution in [1.29, 1.82) is 0 Å². The fourth-order valence-corrected chi connectivity index (χ4v) is 4.99. The third kappa shape index (κ3) is 6.55. The van der Waals surface area contributed by atoms with Crippen LogP contribution in [0.5, 0.6) is 5.75 Å². The molecule has 2 unspecified atom stereocenters. The maximum atomic E-state index is 13.7. The number of anilines is 2. The lowest BCUT2D eigenvalue weighted by Gasteiger charge is -2.37. The van der Waals surface area contributed by atoms with Crippen LogP contribution in [0.4, 0.5) is 15.8 Å². The highest BCUT2D eigenvalue weighted by molar-refractivity contribution is 6.31. The van der Waals surface area contributed by atoms with Gasteiger partial charge < -0.3 is 19.5 Å². The van der Waals surface area contributed by atoms with E-state index in [1.165, 1.54) is 12.1 Å². The van der Waals surface area contributed by atoms with Gasteiger partial charge in [0, 0.05) is 30.8 Å². The molecule has 0 amide bonds. The highest BCUT2D eigenvalue weighted by Gasteiger charge is 2.32. The van der Waals surface area contributed by atoms with E-state index in [0.29, 0.717) is 44.3 Å². The van der Waals surface area contributed by atoms with Gasteiger partial charge in [0.1, 0.15) is 35.8 Å². The molecule has 0 bridgehead atoms. The van der Waals surface area contributed by atoms with Crippen molar-refractivity contribution in [2.75, 3.05) is 49.8 Å². The van der Waals surface area contributed by atoms with Crippen LogP contribution in [0.1, 0.15) is 38.4 Å². The number of esters is 1. The first-order valence-electron chi connectivity index (χ1n) is 12.8. The van der Waals surface area contributed by atoms with Crippen LogP contribution in [-0.2, 0) is 19.1 Å². The van der Waals surface area contributed by atoms with Crippen LogP contribution in [0.15, 0.2) is 41.4 Å². The molecule has 5 rings (SSSR count). The Balaban J connectivity index is 1.27. The molecule has 11 heteroatoms. The van der Waals surface area contributed by atoms with Crippen LogP contribution in [-0.4, -0.2) is 68.4 Å². The Labute approximate surface area is 226 Å². The molecular weight excluding hydrogens is 515 g/mol. The molecule has 0 aliphatic carbocycles. The standard InChI is InChI=1S/C27H32ClFN4O5/c1-27(2)16-32(14-25(34)38-27)9-3-10-36-33-17-30-26(31-18-4-6-23(29)22(28)12-18)21-13-19(5-7-24(21)33)37-20-8-11-35-15-20/h4-7,12-13,17,20,26,31H,3,8-11,14-16H2,1-2H3. The normalized spacial score (nSPS) is 22.7. The van der Waals surface area contributed by atoms with E-state index in [-0.39, 0.29) is 23.6 Å². The van der Waals surface area contributed by atoms with Crippen molar-refractivity contribution in [3.05, 3.63) is 52.8 Å². The van der Waals surface area contributed by atoms with Gasteiger partial charge >= 0.3 is 5.97 Å². The van der Waals surface area contributed by atoms with Crippen molar-refractivity contribution in [3.8, 4) is 5.75 Å². The molecule has 3 aliphatic heterocycles. The Kier molecular flexibility index (Phi) is 8.04. The van der Waals surface area contributed by atoms with E-state index in [0.717, 1.165) is 24.1 Å². The van der Waals surface area contributed by atoms with E-state index in [1.807, 2.05) is 32.0 Å². The minimum Gasteiger partial charge on any atom is -0.488 e. The van der Waals surface area contributed by atoms with E-state index in [4.69, 9.17) is 30.6 Å². The van der Waals surface area contributed by atoms with Crippen LogP contribution in [0.3, 0.4) is 0 Å². The Morgan fingerprint density at radius 1 is 1.26 bits per heavy atom. The van der Waals surface area contributed by atoms with Crippen molar-refractivity contribution < 1.29 is 28.2 Å². The van der Waals surface area contributed by atoms with Crippen LogP contribution < -0.4 is 15.1 Å². The lowest BCUT2D eigenvalue weighted by atomic mass is 10.1. The Morgan fingerprint density at radius 2 is 2.13 bits per heavy atom. The van der Waals surface area contributed by atoms with Gasteiger partial charge in [0.25, 0.3) is 0 Å². The molecule has 204 valence electrons. The van der Waals surface area contributed by atoms with Crippen molar-refractivity contribution in [2.24, 2.45) is 4.99 Å². The third-order valence-electron chi connectivity index (χ3n) is 6.46. The Bertz CT molecular complexity index is 1190. The molecule has 0 saturated carbocycles. The van der Waals surface area contributed by atoms with Gasteiger partial charge in [-0.15, -0.1) is 0 Å². The number of hydroxylamine groups is 1. The molecule has 0 spiro atoms. The molecular formula is C27H32ClFN4O5. The number of hydrogen-bond donors (Lipinski definition) is 1. The second-order valence-corrected chi connectivity index (χ2v) is 10.6. The average molecular weight is 547 g/mol. The molecule has 3 heterocycles. The van der Waals surface area contributed by atoms with Gasteiger partial charge in [0.2, 0.25) is 0 Å². The van der Waals surface area contributed by atoms with E-state index in [2.05, 4.69) is 15.2 Å². The molecule has 2 atom stereocenters. The number of halogens is 2. The number of morpholine rings is 1. The summed E-state index contributed by atoms with van der Waals surface area (Å²) in [5.74, 6) is 0.0195. The zero-order valence-electron chi connectivity index (χ0n) is 21.5.